The zero-order valence-electron chi connectivity index (χ0n) is 9.68. The molecule has 0 saturated heterocycles. The van der Waals surface area contributed by atoms with Crippen LogP contribution in [0.25, 0.3) is 0 Å². The van der Waals surface area contributed by atoms with Crippen LogP contribution >= 0.6 is 11.8 Å². The maximum atomic E-state index is 11.2. The van der Waals surface area contributed by atoms with Crippen molar-refractivity contribution in [3.8, 4) is 0 Å². The van der Waals surface area contributed by atoms with Crippen LogP contribution in [0.2, 0.25) is 0 Å². The Labute approximate surface area is 104 Å². The highest BCUT2D eigenvalue weighted by molar-refractivity contribution is 7.99. The average Bonchev–Trinajstić information content (AvgIpc) is 3.10. The summed E-state index contributed by atoms with van der Waals surface area (Å²) >= 11 is 1.34. The lowest BCUT2D eigenvalue weighted by atomic mass is 10.4. The molecule has 0 atom stereocenters. The van der Waals surface area contributed by atoms with E-state index >= 15 is 0 Å². The minimum Gasteiger partial charge on any atom is -0.465 e. The number of anilines is 1. The second kappa shape index (κ2) is 5.35. The fourth-order valence-electron chi connectivity index (χ4n) is 1.39. The van der Waals surface area contributed by atoms with E-state index in [1.165, 1.54) is 11.8 Å². The summed E-state index contributed by atoms with van der Waals surface area (Å²) in [4.78, 5) is 19.8. The molecule has 1 fully saturated rings. The van der Waals surface area contributed by atoms with E-state index in [4.69, 9.17) is 10.5 Å². The highest BCUT2D eigenvalue weighted by Crippen LogP contribution is 2.38. The molecule has 0 unspecified atom stereocenters. The van der Waals surface area contributed by atoms with E-state index in [-0.39, 0.29) is 11.7 Å². The topological polar surface area (TPSA) is 78.1 Å². The van der Waals surface area contributed by atoms with Crippen LogP contribution < -0.4 is 5.73 Å². The SMILES string of the molecule is CCOC(=O)CSc1cc(N)nc(C2CC2)n1. The summed E-state index contributed by atoms with van der Waals surface area (Å²) in [5.41, 5.74) is 5.71. The molecule has 6 heteroatoms. The number of aromatic nitrogens is 2. The first-order chi connectivity index (χ1) is 8.19. The van der Waals surface area contributed by atoms with E-state index in [0.717, 1.165) is 23.7 Å². The molecule has 0 aromatic carbocycles. The molecule has 0 amide bonds. The Morgan fingerprint density at radius 2 is 2.35 bits per heavy atom. The van der Waals surface area contributed by atoms with Gasteiger partial charge in [0, 0.05) is 12.0 Å². The van der Waals surface area contributed by atoms with Crippen LogP contribution in [0, 0.1) is 0 Å². The van der Waals surface area contributed by atoms with Crippen molar-refractivity contribution in [2.24, 2.45) is 0 Å². The Kier molecular flexibility index (Phi) is 3.83. The summed E-state index contributed by atoms with van der Waals surface area (Å²) in [6.45, 7) is 2.19. The van der Waals surface area contributed by atoms with Crippen molar-refractivity contribution in [1.29, 1.82) is 0 Å². The van der Waals surface area contributed by atoms with Gasteiger partial charge >= 0.3 is 5.97 Å². The van der Waals surface area contributed by atoms with Crippen LogP contribution in [0.3, 0.4) is 0 Å². The Bertz CT molecular complexity index is 421. The van der Waals surface area contributed by atoms with Crippen LogP contribution in [0.1, 0.15) is 31.5 Å². The number of nitrogen functional groups attached to an aromatic ring is 1. The number of nitrogens with two attached hydrogens (primary N) is 1. The van der Waals surface area contributed by atoms with Gasteiger partial charge in [-0.05, 0) is 19.8 Å². The zero-order chi connectivity index (χ0) is 12.3. The fraction of sp³-hybridized carbons (Fsp3) is 0.545. The number of hydrogen-bond donors (Lipinski definition) is 1. The molecule has 0 aliphatic heterocycles. The number of nitrogens with zero attached hydrogens (tertiary/aromatic N) is 2. The summed E-state index contributed by atoms with van der Waals surface area (Å²) in [5.74, 6) is 1.75. The molecule has 1 saturated carbocycles. The number of esters is 1. The Balaban J connectivity index is 1.97. The Hall–Kier alpha value is -1.30. The van der Waals surface area contributed by atoms with Gasteiger partial charge < -0.3 is 10.5 Å². The van der Waals surface area contributed by atoms with Gasteiger partial charge in [0.1, 0.15) is 16.7 Å². The summed E-state index contributed by atoms with van der Waals surface area (Å²) < 4.78 is 4.85. The Morgan fingerprint density at radius 3 is 3.00 bits per heavy atom. The van der Waals surface area contributed by atoms with Gasteiger partial charge in [-0.1, -0.05) is 11.8 Å². The van der Waals surface area contributed by atoms with Gasteiger partial charge in [-0.3, -0.25) is 4.79 Å². The fourth-order valence-corrected chi connectivity index (χ4v) is 2.11. The normalized spacial score (nSPS) is 14.6. The van der Waals surface area contributed by atoms with E-state index in [0.29, 0.717) is 18.3 Å². The van der Waals surface area contributed by atoms with Crippen molar-refractivity contribution < 1.29 is 9.53 Å². The van der Waals surface area contributed by atoms with Gasteiger partial charge in [0.25, 0.3) is 0 Å². The third kappa shape index (κ3) is 3.59. The molecule has 1 aliphatic carbocycles. The third-order valence-corrected chi connectivity index (χ3v) is 3.21. The predicted molar refractivity (Wildman–Crippen MR) is 65.8 cm³/mol. The molecule has 1 heterocycles. The molecule has 1 aromatic heterocycles. The summed E-state index contributed by atoms with van der Waals surface area (Å²) in [6, 6.07) is 1.69. The van der Waals surface area contributed by atoms with Gasteiger partial charge in [-0.2, -0.15) is 0 Å². The van der Waals surface area contributed by atoms with Crippen LogP contribution in [0.5, 0.6) is 0 Å². The van der Waals surface area contributed by atoms with Crippen molar-refractivity contribution in [3.05, 3.63) is 11.9 Å². The first kappa shape index (κ1) is 12.2. The van der Waals surface area contributed by atoms with E-state index in [1.807, 2.05) is 0 Å². The smallest absolute Gasteiger partial charge is 0.316 e. The molecule has 0 spiro atoms. The molecular formula is C11H15N3O2S. The van der Waals surface area contributed by atoms with Gasteiger partial charge in [0.2, 0.25) is 0 Å². The lowest BCUT2D eigenvalue weighted by Gasteiger charge is -2.04. The number of rotatable bonds is 5. The van der Waals surface area contributed by atoms with Gasteiger partial charge in [0.15, 0.2) is 0 Å². The van der Waals surface area contributed by atoms with Crippen molar-refractivity contribution in [2.75, 3.05) is 18.1 Å². The van der Waals surface area contributed by atoms with Gasteiger partial charge in [0.05, 0.1) is 12.4 Å². The molecule has 0 bridgehead atoms. The highest BCUT2D eigenvalue weighted by Gasteiger charge is 2.27. The summed E-state index contributed by atoms with van der Waals surface area (Å²) in [5, 5.41) is 0.743. The second-order valence-corrected chi connectivity index (χ2v) is 4.85. The van der Waals surface area contributed by atoms with E-state index in [1.54, 1.807) is 13.0 Å². The van der Waals surface area contributed by atoms with E-state index < -0.39 is 0 Å². The number of hydrogen-bond acceptors (Lipinski definition) is 6. The zero-order valence-corrected chi connectivity index (χ0v) is 10.5. The van der Waals surface area contributed by atoms with Crippen molar-refractivity contribution in [2.45, 2.75) is 30.7 Å². The molecule has 0 radical (unpaired) electrons. The predicted octanol–water partition coefficient (Wildman–Crippen LogP) is 1.59. The maximum Gasteiger partial charge on any atom is 0.316 e. The summed E-state index contributed by atoms with van der Waals surface area (Å²) in [6.07, 6.45) is 2.26. The van der Waals surface area contributed by atoms with Gasteiger partial charge in [-0.25, -0.2) is 9.97 Å². The molecule has 5 nitrogen and oxygen atoms in total. The van der Waals surface area contributed by atoms with Crippen molar-refractivity contribution >= 4 is 23.5 Å². The molecule has 2 rings (SSSR count). The first-order valence-electron chi connectivity index (χ1n) is 5.62. The minimum absolute atomic E-state index is 0.234. The van der Waals surface area contributed by atoms with Gasteiger partial charge in [-0.15, -0.1) is 0 Å². The minimum atomic E-state index is -0.234. The quantitative estimate of drug-likeness (QED) is 0.488. The molecule has 1 aromatic rings. The lowest BCUT2D eigenvalue weighted by molar-refractivity contribution is -0.139. The summed E-state index contributed by atoms with van der Waals surface area (Å²) in [7, 11) is 0. The van der Waals surface area contributed by atoms with Crippen molar-refractivity contribution in [1.82, 2.24) is 9.97 Å². The molecule has 92 valence electrons. The number of thioether (sulfide) groups is 1. The van der Waals surface area contributed by atoms with Crippen LogP contribution in [-0.2, 0) is 9.53 Å². The first-order valence-corrected chi connectivity index (χ1v) is 6.60. The van der Waals surface area contributed by atoms with Crippen LogP contribution in [-0.4, -0.2) is 28.3 Å². The lowest BCUT2D eigenvalue weighted by Crippen LogP contribution is -2.07. The van der Waals surface area contributed by atoms with E-state index in [2.05, 4.69) is 9.97 Å². The number of carbonyl (C=O) groups is 1. The Morgan fingerprint density at radius 1 is 1.59 bits per heavy atom. The monoisotopic (exact) mass is 253 g/mol. The van der Waals surface area contributed by atoms with Crippen LogP contribution in [0.15, 0.2) is 11.1 Å². The maximum absolute atomic E-state index is 11.2. The van der Waals surface area contributed by atoms with Crippen molar-refractivity contribution in [3.63, 3.8) is 0 Å². The molecule has 1 aliphatic rings. The highest BCUT2D eigenvalue weighted by atomic mass is 32.2. The molecule has 2 N–H and O–H groups in total. The average molecular weight is 253 g/mol. The largest absolute Gasteiger partial charge is 0.465 e. The molecule has 17 heavy (non-hydrogen) atoms. The number of carbonyl (C=O) groups excluding carboxylic acids is 1. The second-order valence-electron chi connectivity index (χ2n) is 3.86. The van der Waals surface area contributed by atoms with Crippen LogP contribution in [0.4, 0.5) is 5.82 Å². The van der Waals surface area contributed by atoms with E-state index in [9.17, 15) is 4.79 Å². The number of ether oxygens (including phenoxy) is 1. The molecular weight excluding hydrogens is 238 g/mol. The standard InChI is InChI=1S/C11H15N3O2S/c1-2-16-10(15)6-17-9-5-8(12)13-11(14-9)7-3-4-7/h5,7H,2-4,6H2,1H3,(H2,12,13,14). The third-order valence-electron chi connectivity index (χ3n) is 2.33.